The van der Waals surface area contributed by atoms with E-state index in [-0.39, 0.29) is 16.3 Å². The van der Waals surface area contributed by atoms with Gasteiger partial charge in [-0.2, -0.15) is 5.26 Å². The highest BCUT2D eigenvalue weighted by molar-refractivity contribution is 8.03. The molecule has 5 nitrogen and oxygen atoms in total. The molecule has 0 radical (unpaired) electrons. The minimum absolute atomic E-state index is 0.108. The van der Waals surface area contributed by atoms with Crippen molar-refractivity contribution in [2.75, 3.05) is 11.5 Å². The number of thiocyanates is 1. The fraction of sp³-hybridized carbons (Fsp3) is 0.286. The van der Waals surface area contributed by atoms with Gasteiger partial charge in [0.1, 0.15) is 16.1 Å². The summed E-state index contributed by atoms with van der Waals surface area (Å²) in [7, 11) is 0. The lowest BCUT2D eigenvalue weighted by molar-refractivity contribution is 0.906. The normalized spacial score (nSPS) is 9.71. The first kappa shape index (κ1) is 10.9. The SMILES string of the molecule is CCSc1nc(N)c(SC#N)c(=O)[nH]1. The van der Waals surface area contributed by atoms with Crippen LogP contribution in [-0.4, -0.2) is 15.7 Å². The van der Waals surface area contributed by atoms with Crippen LogP contribution in [0.25, 0.3) is 0 Å². The van der Waals surface area contributed by atoms with Crippen LogP contribution < -0.4 is 11.3 Å². The fourth-order valence-corrected chi connectivity index (χ4v) is 1.79. The van der Waals surface area contributed by atoms with Crippen molar-refractivity contribution < 1.29 is 0 Å². The monoisotopic (exact) mass is 228 g/mol. The van der Waals surface area contributed by atoms with Crippen LogP contribution in [0.2, 0.25) is 0 Å². The summed E-state index contributed by atoms with van der Waals surface area (Å²) >= 11 is 2.11. The fourth-order valence-electron chi connectivity index (χ4n) is 0.808. The number of nitrogen functional groups attached to an aromatic ring is 1. The first-order valence-corrected chi connectivity index (χ1v) is 5.57. The van der Waals surface area contributed by atoms with Gasteiger partial charge in [-0.1, -0.05) is 18.7 Å². The third-order valence-electron chi connectivity index (χ3n) is 1.31. The highest BCUT2D eigenvalue weighted by Gasteiger charge is 2.08. The highest BCUT2D eigenvalue weighted by Crippen LogP contribution is 2.19. The smallest absolute Gasteiger partial charge is 0.268 e. The average molecular weight is 228 g/mol. The van der Waals surface area contributed by atoms with E-state index in [1.54, 1.807) is 5.40 Å². The van der Waals surface area contributed by atoms with Crippen LogP contribution in [0.5, 0.6) is 0 Å². The molecule has 1 heterocycles. The van der Waals surface area contributed by atoms with Gasteiger partial charge in [0.2, 0.25) is 0 Å². The van der Waals surface area contributed by atoms with E-state index < -0.39 is 0 Å². The van der Waals surface area contributed by atoms with Gasteiger partial charge in [-0.15, -0.1) is 0 Å². The molecule has 0 unspecified atom stereocenters. The molecule has 0 spiro atoms. The van der Waals surface area contributed by atoms with Crippen LogP contribution >= 0.6 is 23.5 Å². The van der Waals surface area contributed by atoms with Crippen LogP contribution in [-0.2, 0) is 0 Å². The standard InChI is InChI=1S/C7H8N4OS2/c1-2-13-7-10-5(9)4(14-3-8)6(12)11-7/h2H2,1H3,(H3,9,10,11,12). The van der Waals surface area contributed by atoms with Crippen molar-refractivity contribution in [3.05, 3.63) is 10.4 Å². The number of rotatable bonds is 3. The number of nitrogens with zero attached hydrogens (tertiary/aromatic N) is 2. The molecule has 3 N–H and O–H groups in total. The molecule has 0 aliphatic heterocycles. The second-order valence-electron chi connectivity index (χ2n) is 2.21. The summed E-state index contributed by atoms with van der Waals surface area (Å²) in [6, 6.07) is 0. The molecule has 0 saturated heterocycles. The zero-order valence-corrected chi connectivity index (χ0v) is 9.04. The first-order chi connectivity index (χ1) is 6.69. The summed E-state index contributed by atoms with van der Waals surface area (Å²) in [5, 5.41) is 10.7. The summed E-state index contributed by atoms with van der Waals surface area (Å²) < 4.78 is 0. The summed E-state index contributed by atoms with van der Waals surface area (Å²) in [6.45, 7) is 1.94. The summed E-state index contributed by atoms with van der Waals surface area (Å²) in [4.78, 5) is 18.0. The molecule has 0 aliphatic rings. The Morgan fingerprint density at radius 1 is 1.71 bits per heavy atom. The molecule has 1 rings (SSSR count). The van der Waals surface area contributed by atoms with Gasteiger partial charge in [0.25, 0.3) is 5.56 Å². The minimum atomic E-state index is -0.361. The quantitative estimate of drug-likeness (QED) is 0.456. The minimum Gasteiger partial charge on any atom is -0.382 e. The Kier molecular flexibility index (Phi) is 3.85. The maximum Gasteiger partial charge on any atom is 0.268 e. The molecule has 1 aromatic heterocycles. The molecule has 0 aromatic carbocycles. The van der Waals surface area contributed by atoms with E-state index in [1.807, 2.05) is 6.92 Å². The number of nitriles is 1. The molecule has 0 aliphatic carbocycles. The van der Waals surface area contributed by atoms with Crippen molar-refractivity contribution in [1.82, 2.24) is 9.97 Å². The molecular formula is C7H8N4OS2. The summed E-state index contributed by atoms with van der Waals surface area (Å²) in [5.74, 6) is 0.906. The first-order valence-electron chi connectivity index (χ1n) is 3.77. The van der Waals surface area contributed by atoms with E-state index in [1.165, 1.54) is 11.8 Å². The molecule has 0 atom stereocenters. The molecule has 0 amide bonds. The third kappa shape index (κ3) is 2.43. The van der Waals surface area contributed by atoms with Gasteiger partial charge in [-0.25, -0.2) is 4.98 Å². The molecular weight excluding hydrogens is 220 g/mol. The summed E-state index contributed by atoms with van der Waals surface area (Å²) in [5.41, 5.74) is 5.16. The van der Waals surface area contributed by atoms with Crippen LogP contribution in [0.1, 0.15) is 6.92 Å². The maximum atomic E-state index is 11.4. The maximum absolute atomic E-state index is 11.4. The highest BCUT2D eigenvalue weighted by atomic mass is 32.2. The van der Waals surface area contributed by atoms with Gasteiger partial charge in [-0.05, 0) is 17.5 Å². The lowest BCUT2D eigenvalue weighted by Gasteiger charge is -2.01. The van der Waals surface area contributed by atoms with Crippen LogP contribution in [0, 0.1) is 10.7 Å². The molecule has 1 aromatic rings. The average Bonchev–Trinajstić information content (AvgIpc) is 2.12. The van der Waals surface area contributed by atoms with Gasteiger partial charge in [0.05, 0.1) is 0 Å². The number of thioether (sulfide) groups is 2. The predicted molar refractivity (Wildman–Crippen MR) is 57.1 cm³/mol. The van der Waals surface area contributed by atoms with Crippen LogP contribution in [0.4, 0.5) is 5.82 Å². The molecule has 14 heavy (non-hydrogen) atoms. The van der Waals surface area contributed by atoms with Gasteiger partial charge >= 0.3 is 0 Å². The Labute approximate surface area is 89.1 Å². The van der Waals surface area contributed by atoms with Crippen molar-refractivity contribution in [1.29, 1.82) is 5.26 Å². The molecule has 7 heteroatoms. The number of nitrogens with two attached hydrogens (primary N) is 1. The number of H-pyrrole nitrogens is 1. The number of hydrogen-bond donors (Lipinski definition) is 2. The Morgan fingerprint density at radius 3 is 2.93 bits per heavy atom. The second-order valence-corrected chi connectivity index (χ2v) is 4.26. The van der Waals surface area contributed by atoms with Gasteiger partial charge in [-0.3, -0.25) is 4.79 Å². The van der Waals surface area contributed by atoms with Crippen molar-refractivity contribution in [2.24, 2.45) is 0 Å². The van der Waals surface area contributed by atoms with Crippen molar-refractivity contribution in [3.8, 4) is 5.40 Å². The van der Waals surface area contributed by atoms with Gasteiger partial charge in [0, 0.05) is 0 Å². The zero-order chi connectivity index (χ0) is 10.6. The lowest BCUT2D eigenvalue weighted by atomic mass is 10.6. The number of hydrogen-bond acceptors (Lipinski definition) is 6. The van der Waals surface area contributed by atoms with E-state index in [4.69, 9.17) is 11.0 Å². The van der Waals surface area contributed by atoms with E-state index in [0.717, 1.165) is 17.5 Å². The Morgan fingerprint density at radius 2 is 2.43 bits per heavy atom. The topological polar surface area (TPSA) is 95.6 Å². The largest absolute Gasteiger partial charge is 0.382 e. The lowest BCUT2D eigenvalue weighted by Crippen LogP contribution is -2.14. The number of aromatic amines is 1. The van der Waals surface area contributed by atoms with Crippen molar-refractivity contribution in [2.45, 2.75) is 17.0 Å². The summed E-state index contributed by atoms with van der Waals surface area (Å²) in [6.07, 6.45) is 0. The van der Waals surface area contributed by atoms with Crippen LogP contribution in [0.3, 0.4) is 0 Å². The Hall–Kier alpha value is -1.13. The van der Waals surface area contributed by atoms with E-state index >= 15 is 0 Å². The number of aromatic nitrogens is 2. The Bertz CT molecular complexity index is 423. The van der Waals surface area contributed by atoms with E-state index in [9.17, 15) is 4.79 Å². The zero-order valence-electron chi connectivity index (χ0n) is 7.40. The second kappa shape index (κ2) is 4.93. The molecule has 0 bridgehead atoms. The van der Waals surface area contributed by atoms with Gasteiger partial charge in [0.15, 0.2) is 5.16 Å². The number of nitrogens with one attached hydrogen (secondary N) is 1. The van der Waals surface area contributed by atoms with Crippen molar-refractivity contribution >= 4 is 29.3 Å². The molecule has 0 fully saturated rings. The predicted octanol–water partition coefficient (Wildman–Crippen LogP) is 1.04. The third-order valence-corrected chi connectivity index (χ3v) is 2.76. The number of anilines is 1. The molecule has 74 valence electrons. The molecule has 0 saturated carbocycles. The van der Waals surface area contributed by atoms with E-state index in [2.05, 4.69) is 9.97 Å². The van der Waals surface area contributed by atoms with E-state index in [0.29, 0.717) is 5.16 Å². The van der Waals surface area contributed by atoms with Crippen LogP contribution in [0.15, 0.2) is 14.8 Å². The van der Waals surface area contributed by atoms with Crippen molar-refractivity contribution in [3.63, 3.8) is 0 Å². The Balaban J connectivity index is 3.13. The van der Waals surface area contributed by atoms with Gasteiger partial charge < -0.3 is 10.7 Å².